The number of carboxylic acid groups (broad SMARTS) is 1. The molecule has 0 saturated heterocycles. The topological polar surface area (TPSA) is 75.6 Å². The van der Waals surface area contributed by atoms with Crippen molar-refractivity contribution in [2.24, 2.45) is 5.92 Å². The molecule has 0 bridgehead atoms. The molecule has 0 unspecified atom stereocenters. The highest BCUT2D eigenvalue weighted by molar-refractivity contribution is 5.79. The summed E-state index contributed by atoms with van der Waals surface area (Å²) in [5, 5.41) is 12.4. The lowest BCUT2D eigenvalue weighted by molar-refractivity contribution is -0.141. The average Bonchev–Trinajstić information content (AvgIpc) is 2.80. The lowest BCUT2D eigenvalue weighted by Gasteiger charge is -2.21. The van der Waals surface area contributed by atoms with E-state index < -0.39 is 11.9 Å². The summed E-state index contributed by atoms with van der Waals surface area (Å²) < 4.78 is 5.22. The molecule has 166 valence electrons. The van der Waals surface area contributed by atoms with Gasteiger partial charge in [-0.2, -0.15) is 0 Å². The maximum absolute atomic E-state index is 12.7. The molecule has 0 heterocycles. The minimum absolute atomic E-state index is 0.137. The fourth-order valence-corrected chi connectivity index (χ4v) is 3.72. The first kappa shape index (κ1) is 23.1. The van der Waals surface area contributed by atoms with Crippen LogP contribution in [0.15, 0.2) is 78.9 Å². The highest BCUT2D eigenvalue weighted by Gasteiger charge is 2.21. The number of methoxy groups -OCH3 is 1. The first-order chi connectivity index (χ1) is 15.4. The maximum Gasteiger partial charge on any atom is 0.306 e. The van der Waals surface area contributed by atoms with Gasteiger partial charge in [0, 0.05) is 6.04 Å². The highest BCUT2D eigenvalue weighted by Crippen LogP contribution is 2.21. The molecule has 0 saturated carbocycles. The number of carboxylic acids is 1. The number of benzene rings is 3. The lowest BCUT2D eigenvalue weighted by Crippen LogP contribution is -2.39. The molecule has 5 heteroatoms. The number of rotatable bonds is 10. The summed E-state index contributed by atoms with van der Waals surface area (Å²) >= 11 is 0. The van der Waals surface area contributed by atoms with E-state index in [1.165, 1.54) is 0 Å². The van der Waals surface area contributed by atoms with Crippen LogP contribution in [0.4, 0.5) is 0 Å². The summed E-state index contributed by atoms with van der Waals surface area (Å²) in [4.78, 5) is 24.1. The van der Waals surface area contributed by atoms with Gasteiger partial charge in [-0.3, -0.25) is 9.59 Å². The van der Waals surface area contributed by atoms with Crippen LogP contribution < -0.4 is 10.1 Å². The van der Waals surface area contributed by atoms with Crippen molar-refractivity contribution in [1.29, 1.82) is 0 Å². The van der Waals surface area contributed by atoms with Crippen molar-refractivity contribution in [2.45, 2.75) is 32.2 Å². The molecule has 3 aromatic carbocycles. The van der Waals surface area contributed by atoms with Crippen LogP contribution >= 0.6 is 0 Å². The number of amides is 1. The molecular formula is C27H29NO4. The zero-order chi connectivity index (χ0) is 22.9. The van der Waals surface area contributed by atoms with Crippen molar-refractivity contribution in [1.82, 2.24) is 5.32 Å². The third-order valence-electron chi connectivity index (χ3n) is 5.47. The van der Waals surface area contributed by atoms with Crippen LogP contribution in [0.1, 0.15) is 24.5 Å². The number of carbonyl (C=O) groups excluding carboxylic acids is 1. The molecule has 0 spiro atoms. The van der Waals surface area contributed by atoms with Crippen molar-refractivity contribution in [3.63, 3.8) is 0 Å². The number of nitrogens with one attached hydrogen (secondary N) is 1. The third-order valence-corrected chi connectivity index (χ3v) is 5.47. The Morgan fingerprint density at radius 2 is 1.59 bits per heavy atom. The predicted molar refractivity (Wildman–Crippen MR) is 126 cm³/mol. The summed E-state index contributed by atoms with van der Waals surface area (Å²) in [6, 6.07) is 25.4. The van der Waals surface area contributed by atoms with E-state index >= 15 is 0 Å². The molecule has 0 radical (unpaired) electrons. The van der Waals surface area contributed by atoms with E-state index in [0.717, 1.165) is 22.3 Å². The second kappa shape index (κ2) is 11.1. The largest absolute Gasteiger partial charge is 0.497 e. The molecule has 0 fully saturated rings. The van der Waals surface area contributed by atoms with Gasteiger partial charge in [0.1, 0.15) is 5.75 Å². The summed E-state index contributed by atoms with van der Waals surface area (Å²) in [6.07, 6.45) is 1.14. The van der Waals surface area contributed by atoms with Crippen LogP contribution in [0.25, 0.3) is 11.1 Å². The van der Waals surface area contributed by atoms with Crippen LogP contribution in [0.2, 0.25) is 0 Å². The molecule has 0 aliphatic carbocycles. The first-order valence-corrected chi connectivity index (χ1v) is 10.7. The second-order valence-electron chi connectivity index (χ2n) is 8.03. The van der Waals surface area contributed by atoms with Crippen molar-refractivity contribution in [3.8, 4) is 16.9 Å². The molecule has 1 amide bonds. The normalized spacial score (nSPS) is 12.6. The lowest BCUT2D eigenvalue weighted by atomic mass is 9.94. The fraction of sp³-hybridized carbons (Fsp3) is 0.259. The monoisotopic (exact) mass is 431 g/mol. The van der Waals surface area contributed by atoms with Crippen molar-refractivity contribution >= 4 is 11.9 Å². The number of hydrogen-bond acceptors (Lipinski definition) is 3. The van der Waals surface area contributed by atoms with Gasteiger partial charge in [-0.1, -0.05) is 73.7 Å². The Bertz CT molecular complexity index is 1030. The summed E-state index contributed by atoms with van der Waals surface area (Å²) in [5.41, 5.74) is 4.15. The number of carbonyl (C=O) groups is 2. The van der Waals surface area contributed by atoms with E-state index in [1.807, 2.05) is 54.6 Å². The van der Waals surface area contributed by atoms with Crippen LogP contribution in [-0.2, 0) is 22.4 Å². The smallest absolute Gasteiger partial charge is 0.306 e. The van der Waals surface area contributed by atoms with Crippen LogP contribution in [0.3, 0.4) is 0 Å². The molecule has 2 N–H and O–H groups in total. The minimum Gasteiger partial charge on any atom is -0.497 e. The summed E-state index contributed by atoms with van der Waals surface area (Å²) in [7, 11) is 1.59. The minimum atomic E-state index is -0.864. The van der Waals surface area contributed by atoms with E-state index in [9.17, 15) is 14.7 Å². The molecule has 32 heavy (non-hydrogen) atoms. The zero-order valence-corrected chi connectivity index (χ0v) is 18.5. The van der Waals surface area contributed by atoms with Crippen molar-refractivity contribution in [2.75, 3.05) is 7.11 Å². The number of aliphatic carboxylic acids is 1. The molecule has 5 nitrogen and oxygen atoms in total. The third kappa shape index (κ3) is 6.71. The Kier molecular flexibility index (Phi) is 8.03. The second-order valence-corrected chi connectivity index (χ2v) is 8.03. The molecule has 2 atom stereocenters. The van der Waals surface area contributed by atoms with Gasteiger partial charge in [0.15, 0.2) is 0 Å². The van der Waals surface area contributed by atoms with Gasteiger partial charge in [-0.15, -0.1) is 0 Å². The molecule has 3 rings (SSSR count). The van der Waals surface area contributed by atoms with E-state index in [1.54, 1.807) is 14.0 Å². The van der Waals surface area contributed by atoms with Gasteiger partial charge in [-0.05, 0) is 47.2 Å². The SMILES string of the molecule is COc1cccc(CC(=O)N[C@H](Cc2ccc(-c3ccccc3)cc2)C[C@@H](C)C(=O)O)c1. The van der Waals surface area contributed by atoms with E-state index in [2.05, 4.69) is 29.6 Å². The van der Waals surface area contributed by atoms with Crippen LogP contribution in [-0.4, -0.2) is 30.1 Å². The van der Waals surface area contributed by atoms with E-state index in [0.29, 0.717) is 18.6 Å². The Balaban J connectivity index is 1.69. The Labute approximate surface area is 189 Å². The van der Waals surface area contributed by atoms with Gasteiger partial charge in [0.25, 0.3) is 0 Å². The van der Waals surface area contributed by atoms with Crippen molar-refractivity contribution < 1.29 is 19.4 Å². The number of hydrogen-bond donors (Lipinski definition) is 2. The van der Waals surface area contributed by atoms with Gasteiger partial charge in [0.2, 0.25) is 5.91 Å². The van der Waals surface area contributed by atoms with Crippen molar-refractivity contribution in [3.05, 3.63) is 90.0 Å². The highest BCUT2D eigenvalue weighted by atomic mass is 16.5. The van der Waals surface area contributed by atoms with E-state index in [-0.39, 0.29) is 18.4 Å². The van der Waals surface area contributed by atoms with Crippen LogP contribution in [0, 0.1) is 5.92 Å². The zero-order valence-electron chi connectivity index (χ0n) is 18.5. The molecule has 0 aliphatic heterocycles. The molecule has 0 aliphatic rings. The molecule has 0 aromatic heterocycles. The van der Waals surface area contributed by atoms with E-state index in [4.69, 9.17) is 4.74 Å². The predicted octanol–water partition coefficient (Wildman–Crippen LogP) is 4.74. The van der Waals surface area contributed by atoms with Crippen LogP contribution in [0.5, 0.6) is 5.75 Å². The maximum atomic E-state index is 12.7. The van der Waals surface area contributed by atoms with Gasteiger partial charge >= 0.3 is 5.97 Å². The van der Waals surface area contributed by atoms with Gasteiger partial charge in [0.05, 0.1) is 19.4 Å². The summed E-state index contributed by atoms with van der Waals surface area (Å²) in [5.74, 6) is -0.858. The van der Waals surface area contributed by atoms with Gasteiger partial charge < -0.3 is 15.2 Å². The molecule has 3 aromatic rings. The fourth-order valence-electron chi connectivity index (χ4n) is 3.72. The quantitative estimate of drug-likeness (QED) is 0.486. The Hall–Kier alpha value is -3.60. The average molecular weight is 432 g/mol. The standard InChI is InChI=1S/C27H29NO4/c1-19(27(30)31)15-24(28-26(29)18-21-7-6-10-25(17-21)32-2)16-20-11-13-23(14-12-20)22-8-4-3-5-9-22/h3-14,17,19,24H,15-16,18H2,1-2H3,(H,28,29)(H,30,31)/t19-,24+/m1/s1. The summed E-state index contributed by atoms with van der Waals surface area (Å²) in [6.45, 7) is 1.67. The Morgan fingerprint density at radius 1 is 0.906 bits per heavy atom. The molecular weight excluding hydrogens is 402 g/mol. The number of ether oxygens (including phenoxy) is 1. The van der Waals surface area contributed by atoms with Gasteiger partial charge in [-0.25, -0.2) is 0 Å². The first-order valence-electron chi connectivity index (χ1n) is 10.7. The Morgan fingerprint density at radius 3 is 2.25 bits per heavy atom.